The summed E-state index contributed by atoms with van der Waals surface area (Å²) < 4.78 is 10.9. The Bertz CT molecular complexity index is 199. The van der Waals surface area contributed by atoms with Crippen molar-refractivity contribution in [3.05, 3.63) is 0 Å². The van der Waals surface area contributed by atoms with E-state index in [9.17, 15) is 0 Å². The van der Waals surface area contributed by atoms with Gasteiger partial charge in [0.2, 0.25) is 0 Å². The van der Waals surface area contributed by atoms with Crippen molar-refractivity contribution in [1.82, 2.24) is 10.2 Å². The zero-order valence-electron chi connectivity index (χ0n) is 13.5. The Morgan fingerprint density at radius 3 is 2.30 bits per heavy atom. The van der Waals surface area contributed by atoms with Crippen LogP contribution in [0.3, 0.4) is 0 Å². The molecule has 20 heavy (non-hydrogen) atoms. The minimum absolute atomic E-state index is 0.813. The van der Waals surface area contributed by atoms with Crippen molar-refractivity contribution in [2.45, 2.75) is 39.5 Å². The summed E-state index contributed by atoms with van der Waals surface area (Å²) >= 11 is 0. The van der Waals surface area contributed by atoms with Crippen LogP contribution in [0.2, 0.25) is 0 Å². The molecule has 1 N–H and O–H groups in total. The molecular formula is C16H34N2O2. The molecule has 1 unspecified atom stereocenters. The van der Waals surface area contributed by atoms with Gasteiger partial charge in [0.25, 0.3) is 0 Å². The maximum atomic E-state index is 5.47. The molecule has 0 spiro atoms. The maximum absolute atomic E-state index is 5.47. The fourth-order valence-electron chi connectivity index (χ4n) is 2.79. The number of piperidine rings is 1. The third-order valence-corrected chi connectivity index (χ3v) is 4.00. The van der Waals surface area contributed by atoms with E-state index in [1.165, 1.54) is 45.3 Å². The van der Waals surface area contributed by atoms with E-state index < -0.39 is 0 Å². The first kappa shape index (κ1) is 17.9. The van der Waals surface area contributed by atoms with Gasteiger partial charge in [-0.2, -0.15) is 0 Å². The minimum Gasteiger partial charge on any atom is -0.380 e. The van der Waals surface area contributed by atoms with Gasteiger partial charge in [-0.05, 0) is 65.1 Å². The number of ether oxygens (including phenoxy) is 2. The predicted octanol–water partition coefficient (Wildman–Crippen LogP) is 2.14. The average Bonchev–Trinajstić information content (AvgIpc) is 2.48. The van der Waals surface area contributed by atoms with Gasteiger partial charge in [-0.3, -0.25) is 4.90 Å². The zero-order valence-corrected chi connectivity index (χ0v) is 13.5. The molecule has 0 amide bonds. The van der Waals surface area contributed by atoms with Gasteiger partial charge < -0.3 is 14.8 Å². The number of hydrogen-bond donors (Lipinski definition) is 1. The van der Waals surface area contributed by atoms with Crippen molar-refractivity contribution in [2.75, 3.05) is 59.2 Å². The molecule has 1 heterocycles. The maximum Gasteiger partial charge on any atom is 0.0593 e. The first-order valence-corrected chi connectivity index (χ1v) is 8.45. The standard InChI is InChI=1S/C16H34N2O2/c1-3-19-13-11-18(12-14-20-4-2)10-6-8-16-7-5-9-17-15-16/h16-17H,3-15H2,1-2H3. The summed E-state index contributed by atoms with van der Waals surface area (Å²) in [5.41, 5.74) is 0. The van der Waals surface area contributed by atoms with Crippen molar-refractivity contribution < 1.29 is 9.47 Å². The second-order valence-corrected chi connectivity index (χ2v) is 5.59. The van der Waals surface area contributed by atoms with E-state index in [0.717, 1.165) is 45.4 Å². The molecule has 1 aliphatic heterocycles. The SMILES string of the molecule is CCOCCN(CCCC1CCCNC1)CCOCC. The Hall–Kier alpha value is -0.160. The van der Waals surface area contributed by atoms with Crippen LogP contribution >= 0.6 is 0 Å². The van der Waals surface area contributed by atoms with E-state index in [2.05, 4.69) is 24.1 Å². The van der Waals surface area contributed by atoms with Crippen LogP contribution in [0.4, 0.5) is 0 Å². The van der Waals surface area contributed by atoms with Gasteiger partial charge in [0.15, 0.2) is 0 Å². The smallest absolute Gasteiger partial charge is 0.0593 e. The van der Waals surface area contributed by atoms with Crippen molar-refractivity contribution >= 4 is 0 Å². The second-order valence-electron chi connectivity index (χ2n) is 5.59. The summed E-state index contributed by atoms with van der Waals surface area (Å²) in [7, 11) is 0. The monoisotopic (exact) mass is 286 g/mol. The van der Waals surface area contributed by atoms with Crippen LogP contribution < -0.4 is 5.32 Å². The van der Waals surface area contributed by atoms with E-state index in [0.29, 0.717) is 0 Å². The summed E-state index contributed by atoms with van der Waals surface area (Å²) in [6.45, 7) is 13.1. The molecule has 0 saturated carbocycles. The van der Waals surface area contributed by atoms with Crippen molar-refractivity contribution in [3.63, 3.8) is 0 Å². The Balaban J connectivity index is 2.12. The van der Waals surface area contributed by atoms with Gasteiger partial charge in [-0.1, -0.05) is 0 Å². The Morgan fingerprint density at radius 2 is 1.75 bits per heavy atom. The highest BCUT2D eigenvalue weighted by atomic mass is 16.5. The van der Waals surface area contributed by atoms with Gasteiger partial charge in [0.05, 0.1) is 13.2 Å². The zero-order chi connectivity index (χ0) is 14.5. The van der Waals surface area contributed by atoms with E-state index >= 15 is 0 Å². The van der Waals surface area contributed by atoms with E-state index in [1.807, 2.05) is 0 Å². The average molecular weight is 286 g/mol. The highest BCUT2D eigenvalue weighted by Crippen LogP contribution is 2.16. The minimum atomic E-state index is 0.813. The van der Waals surface area contributed by atoms with Gasteiger partial charge in [0.1, 0.15) is 0 Å². The van der Waals surface area contributed by atoms with Gasteiger partial charge in [-0.25, -0.2) is 0 Å². The van der Waals surface area contributed by atoms with Gasteiger partial charge in [0, 0.05) is 26.3 Å². The molecule has 0 bridgehead atoms. The quantitative estimate of drug-likeness (QED) is 0.557. The van der Waals surface area contributed by atoms with Gasteiger partial charge >= 0.3 is 0 Å². The molecule has 0 aliphatic carbocycles. The molecule has 1 saturated heterocycles. The molecule has 120 valence electrons. The highest BCUT2D eigenvalue weighted by molar-refractivity contribution is 4.70. The largest absolute Gasteiger partial charge is 0.380 e. The lowest BCUT2D eigenvalue weighted by Gasteiger charge is -2.25. The lowest BCUT2D eigenvalue weighted by Crippen LogP contribution is -2.33. The molecule has 1 aliphatic rings. The first-order valence-electron chi connectivity index (χ1n) is 8.45. The Labute approximate surface area is 125 Å². The molecule has 1 rings (SSSR count). The molecule has 4 nitrogen and oxygen atoms in total. The summed E-state index contributed by atoms with van der Waals surface area (Å²) in [6.07, 6.45) is 5.41. The molecular weight excluding hydrogens is 252 g/mol. The number of nitrogens with zero attached hydrogens (tertiary/aromatic N) is 1. The second kappa shape index (κ2) is 12.6. The van der Waals surface area contributed by atoms with Crippen molar-refractivity contribution in [1.29, 1.82) is 0 Å². The molecule has 4 heteroatoms. The normalized spacial score (nSPS) is 19.6. The third kappa shape index (κ3) is 8.90. The molecule has 0 radical (unpaired) electrons. The van der Waals surface area contributed by atoms with Crippen LogP contribution in [-0.2, 0) is 9.47 Å². The van der Waals surface area contributed by atoms with Crippen LogP contribution in [0.1, 0.15) is 39.5 Å². The number of rotatable bonds is 12. The molecule has 0 aromatic heterocycles. The molecule has 1 fully saturated rings. The first-order chi connectivity index (χ1) is 9.86. The molecule has 1 atom stereocenters. The van der Waals surface area contributed by atoms with Crippen LogP contribution in [-0.4, -0.2) is 64.1 Å². The van der Waals surface area contributed by atoms with Gasteiger partial charge in [-0.15, -0.1) is 0 Å². The topological polar surface area (TPSA) is 33.7 Å². The lowest BCUT2D eigenvalue weighted by molar-refractivity contribution is 0.0813. The lowest BCUT2D eigenvalue weighted by atomic mass is 9.95. The summed E-state index contributed by atoms with van der Waals surface area (Å²) in [5.74, 6) is 0.893. The summed E-state index contributed by atoms with van der Waals surface area (Å²) in [6, 6.07) is 0. The third-order valence-electron chi connectivity index (χ3n) is 4.00. The predicted molar refractivity (Wildman–Crippen MR) is 84.3 cm³/mol. The number of hydrogen-bond acceptors (Lipinski definition) is 4. The molecule has 0 aromatic carbocycles. The summed E-state index contributed by atoms with van der Waals surface area (Å²) in [4.78, 5) is 2.49. The fourth-order valence-corrected chi connectivity index (χ4v) is 2.79. The van der Waals surface area contributed by atoms with E-state index in [4.69, 9.17) is 9.47 Å². The van der Waals surface area contributed by atoms with Crippen molar-refractivity contribution in [2.24, 2.45) is 5.92 Å². The highest BCUT2D eigenvalue weighted by Gasteiger charge is 2.13. The summed E-state index contributed by atoms with van der Waals surface area (Å²) in [5, 5.41) is 3.50. The van der Waals surface area contributed by atoms with Crippen LogP contribution in [0.5, 0.6) is 0 Å². The van der Waals surface area contributed by atoms with E-state index in [1.54, 1.807) is 0 Å². The van der Waals surface area contributed by atoms with Crippen LogP contribution in [0, 0.1) is 5.92 Å². The molecule has 0 aromatic rings. The van der Waals surface area contributed by atoms with Crippen molar-refractivity contribution in [3.8, 4) is 0 Å². The Kier molecular flexibility index (Phi) is 11.2. The number of nitrogens with one attached hydrogen (secondary N) is 1. The van der Waals surface area contributed by atoms with Crippen LogP contribution in [0.15, 0.2) is 0 Å². The fraction of sp³-hybridized carbons (Fsp3) is 1.00. The Morgan fingerprint density at radius 1 is 1.05 bits per heavy atom. The van der Waals surface area contributed by atoms with Crippen LogP contribution in [0.25, 0.3) is 0 Å². The van der Waals surface area contributed by atoms with E-state index in [-0.39, 0.29) is 0 Å².